The lowest BCUT2D eigenvalue weighted by molar-refractivity contribution is 0.0748. The molecule has 1 saturated heterocycles. The summed E-state index contributed by atoms with van der Waals surface area (Å²) in [5, 5.41) is 18.8. The predicted octanol–water partition coefficient (Wildman–Crippen LogP) is 3.78. The summed E-state index contributed by atoms with van der Waals surface area (Å²) in [5.41, 5.74) is 4.32. The number of hydrogen-bond acceptors (Lipinski definition) is 4. The van der Waals surface area contributed by atoms with Crippen LogP contribution >= 0.6 is 15.9 Å². The average Bonchev–Trinajstić information content (AvgIpc) is 3.41. The van der Waals surface area contributed by atoms with Gasteiger partial charge in [-0.25, -0.2) is 0 Å². The number of fused-ring (bicyclic) bond motifs is 2. The number of hydrogen-bond donors (Lipinski definition) is 2. The van der Waals surface area contributed by atoms with Crippen molar-refractivity contribution in [3.05, 3.63) is 57.2 Å². The Morgan fingerprint density at radius 1 is 1.14 bits per heavy atom. The fourth-order valence-electron chi connectivity index (χ4n) is 4.23. The van der Waals surface area contributed by atoms with Crippen LogP contribution in [0.15, 0.2) is 34.8 Å². The number of benzene rings is 2. The number of rotatable bonds is 3. The molecule has 0 atom stereocenters. The summed E-state index contributed by atoms with van der Waals surface area (Å²) in [6, 6.07) is 9.47. The number of nitrogens with one attached hydrogen (secondary N) is 1. The first-order valence-corrected chi connectivity index (χ1v) is 10.4. The first-order valence-electron chi connectivity index (χ1n) is 9.57. The second-order valence-corrected chi connectivity index (χ2v) is 8.56. The third kappa shape index (κ3) is 3.08. The first kappa shape index (κ1) is 17.7. The number of aromatic hydroxyl groups is 1. The summed E-state index contributed by atoms with van der Waals surface area (Å²) in [6.07, 6.45) is 2.45. The Balaban J connectivity index is 1.45. The predicted molar refractivity (Wildman–Crippen MR) is 110 cm³/mol. The van der Waals surface area contributed by atoms with Crippen LogP contribution in [0.5, 0.6) is 5.75 Å². The molecule has 0 aliphatic carbocycles. The quantitative estimate of drug-likeness (QED) is 0.649. The molecule has 0 saturated carbocycles. The normalized spacial score (nSPS) is 16.8. The third-order valence-corrected chi connectivity index (χ3v) is 6.23. The minimum Gasteiger partial charge on any atom is -0.507 e. The number of phenols is 1. The monoisotopic (exact) mass is 440 g/mol. The molecule has 2 aliphatic rings. The summed E-state index contributed by atoms with van der Waals surface area (Å²) in [7, 11) is 0. The summed E-state index contributed by atoms with van der Waals surface area (Å²) >= 11 is 3.49. The number of nitrogens with zero attached hydrogens (tertiary/aromatic N) is 3. The van der Waals surface area contributed by atoms with Gasteiger partial charge in [-0.15, -0.1) is 0 Å². The second kappa shape index (κ2) is 6.90. The van der Waals surface area contributed by atoms with Crippen molar-refractivity contribution in [3.8, 4) is 5.75 Å². The van der Waals surface area contributed by atoms with Gasteiger partial charge in [-0.05, 0) is 55.3 Å². The molecule has 6 nitrogen and oxygen atoms in total. The van der Waals surface area contributed by atoms with E-state index < -0.39 is 0 Å². The van der Waals surface area contributed by atoms with E-state index in [1.54, 1.807) is 17.0 Å². The number of H-pyrrole nitrogens is 1. The topological polar surface area (TPSA) is 72.5 Å². The van der Waals surface area contributed by atoms with Crippen LogP contribution in [0.25, 0.3) is 10.9 Å². The highest BCUT2D eigenvalue weighted by atomic mass is 79.9. The zero-order valence-electron chi connectivity index (χ0n) is 15.4. The van der Waals surface area contributed by atoms with E-state index in [1.165, 1.54) is 12.8 Å². The van der Waals surface area contributed by atoms with Crippen LogP contribution in [0.1, 0.15) is 40.0 Å². The maximum absolute atomic E-state index is 13.2. The molecule has 2 N–H and O–H groups in total. The zero-order chi connectivity index (χ0) is 19.3. The number of halogens is 1. The fourth-order valence-corrected chi connectivity index (χ4v) is 4.64. The molecule has 0 spiro atoms. The Labute approximate surface area is 171 Å². The lowest BCUT2D eigenvalue weighted by atomic mass is 10.1. The summed E-state index contributed by atoms with van der Waals surface area (Å²) in [6.45, 7) is 4.08. The van der Waals surface area contributed by atoms with Crippen molar-refractivity contribution in [2.24, 2.45) is 0 Å². The Kier molecular flexibility index (Phi) is 4.36. The molecule has 0 radical (unpaired) electrons. The second-order valence-electron chi connectivity index (χ2n) is 7.65. The van der Waals surface area contributed by atoms with E-state index in [1.807, 2.05) is 12.1 Å². The van der Waals surface area contributed by atoms with Gasteiger partial charge in [0.1, 0.15) is 5.75 Å². The van der Waals surface area contributed by atoms with Crippen LogP contribution in [0.4, 0.5) is 0 Å². The van der Waals surface area contributed by atoms with E-state index in [4.69, 9.17) is 0 Å². The van der Waals surface area contributed by atoms with Crippen molar-refractivity contribution in [1.82, 2.24) is 20.0 Å². The molecule has 1 aromatic heterocycles. The van der Waals surface area contributed by atoms with Crippen molar-refractivity contribution in [2.45, 2.75) is 32.5 Å². The number of amides is 1. The molecule has 2 aliphatic heterocycles. The van der Waals surface area contributed by atoms with Gasteiger partial charge >= 0.3 is 0 Å². The highest BCUT2D eigenvalue weighted by Crippen LogP contribution is 2.32. The van der Waals surface area contributed by atoms with Crippen LogP contribution in [0.2, 0.25) is 0 Å². The average molecular weight is 441 g/mol. The zero-order valence-corrected chi connectivity index (χ0v) is 17.0. The Bertz CT molecular complexity index is 1070. The van der Waals surface area contributed by atoms with Crippen LogP contribution in [0.3, 0.4) is 0 Å². The van der Waals surface area contributed by atoms with E-state index in [-0.39, 0.29) is 11.7 Å². The van der Waals surface area contributed by atoms with Crippen molar-refractivity contribution in [2.75, 3.05) is 13.1 Å². The van der Waals surface area contributed by atoms with Crippen LogP contribution in [-0.4, -0.2) is 44.1 Å². The molecule has 5 rings (SSSR count). The maximum atomic E-state index is 13.2. The number of phenolic OH excluding ortho intramolecular Hbond substituents is 1. The fraction of sp³-hybridized carbons (Fsp3) is 0.333. The molecular weight excluding hydrogens is 420 g/mol. The van der Waals surface area contributed by atoms with E-state index >= 15 is 0 Å². The van der Waals surface area contributed by atoms with Crippen molar-refractivity contribution < 1.29 is 9.90 Å². The number of carbonyl (C=O) groups is 1. The SMILES string of the molecule is O=C(c1cc2c(CN3CCCC3)[nH]nc2cc1O)N1Cc2ccc(Br)cc2C1. The van der Waals surface area contributed by atoms with Gasteiger partial charge in [-0.2, -0.15) is 5.10 Å². The molecule has 0 unspecified atom stereocenters. The molecule has 3 aromatic rings. The summed E-state index contributed by atoms with van der Waals surface area (Å²) in [4.78, 5) is 17.3. The Hall–Kier alpha value is -2.38. The van der Waals surface area contributed by atoms with Crippen LogP contribution in [-0.2, 0) is 19.6 Å². The highest BCUT2D eigenvalue weighted by Gasteiger charge is 2.27. The molecule has 3 heterocycles. The Morgan fingerprint density at radius 3 is 2.75 bits per heavy atom. The Morgan fingerprint density at radius 2 is 1.93 bits per heavy atom. The molecule has 144 valence electrons. The van der Waals surface area contributed by atoms with Crippen LogP contribution < -0.4 is 0 Å². The minimum atomic E-state index is -0.153. The molecular formula is C21H21BrN4O2. The van der Waals surface area contributed by atoms with Gasteiger partial charge in [-0.1, -0.05) is 22.0 Å². The maximum Gasteiger partial charge on any atom is 0.258 e. The standard InChI is InChI=1S/C21H21BrN4O2/c22-15-4-3-13-10-26(11-14(13)7-15)21(28)17-8-16-18(9-20(17)27)23-24-19(16)12-25-5-1-2-6-25/h3-4,7-9,27H,1-2,5-6,10-12H2,(H,23,24). The molecule has 2 aromatic carbocycles. The molecule has 1 amide bonds. The summed E-state index contributed by atoms with van der Waals surface area (Å²) in [5.74, 6) is -0.172. The lowest BCUT2D eigenvalue weighted by Crippen LogP contribution is -2.25. The van der Waals surface area contributed by atoms with Gasteiger partial charge in [0.25, 0.3) is 5.91 Å². The third-order valence-electron chi connectivity index (χ3n) is 5.74. The minimum absolute atomic E-state index is 0.0196. The van der Waals surface area contributed by atoms with Gasteiger partial charge in [0, 0.05) is 35.6 Å². The number of likely N-dealkylation sites (tertiary alicyclic amines) is 1. The lowest BCUT2D eigenvalue weighted by Gasteiger charge is -2.17. The van der Waals surface area contributed by atoms with Crippen molar-refractivity contribution >= 4 is 32.7 Å². The van der Waals surface area contributed by atoms with Crippen molar-refractivity contribution in [3.63, 3.8) is 0 Å². The van der Waals surface area contributed by atoms with E-state index in [9.17, 15) is 9.90 Å². The smallest absolute Gasteiger partial charge is 0.258 e. The van der Waals surface area contributed by atoms with Crippen molar-refractivity contribution in [1.29, 1.82) is 0 Å². The van der Waals surface area contributed by atoms with Gasteiger partial charge in [0.05, 0.1) is 16.8 Å². The number of aromatic amines is 1. The van der Waals surface area contributed by atoms with Gasteiger partial charge < -0.3 is 10.0 Å². The molecule has 1 fully saturated rings. The largest absolute Gasteiger partial charge is 0.507 e. The summed E-state index contributed by atoms with van der Waals surface area (Å²) < 4.78 is 1.01. The molecule has 28 heavy (non-hydrogen) atoms. The van der Waals surface area contributed by atoms with Gasteiger partial charge in [0.2, 0.25) is 0 Å². The highest BCUT2D eigenvalue weighted by molar-refractivity contribution is 9.10. The van der Waals surface area contributed by atoms with E-state index in [2.05, 4.69) is 37.1 Å². The van der Waals surface area contributed by atoms with E-state index in [0.717, 1.165) is 46.3 Å². The van der Waals surface area contributed by atoms with Crippen LogP contribution in [0, 0.1) is 0 Å². The van der Waals surface area contributed by atoms with E-state index in [0.29, 0.717) is 24.2 Å². The number of aromatic nitrogens is 2. The first-order chi connectivity index (χ1) is 13.6. The van der Waals surface area contributed by atoms with Gasteiger partial charge in [-0.3, -0.25) is 14.8 Å². The van der Waals surface area contributed by atoms with Gasteiger partial charge in [0.15, 0.2) is 0 Å². The number of carbonyl (C=O) groups excluding carboxylic acids is 1. The molecule has 7 heteroatoms. The molecule has 0 bridgehead atoms.